The lowest BCUT2D eigenvalue weighted by Gasteiger charge is -2.12. The third-order valence-electron chi connectivity index (χ3n) is 4.91. The second-order valence-electron chi connectivity index (χ2n) is 6.84. The standard InChI is InChI=1S/C21H16FN5O/c1-12-8-19(28-26-12)16-10-17(22)21-25-24-20(27(21)11-16)13(2)14-5-6-18-15(9-14)4-3-7-23-18/h3-11,13H,1-2H3/t13-/m1/s1. The molecule has 0 amide bonds. The van der Waals surface area contributed by atoms with Crippen molar-refractivity contribution in [2.75, 3.05) is 0 Å². The van der Waals surface area contributed by atoms with E-state index in [1.807, 2.05) is 38.1 Å². The van der Waals surface area contributed by atoms with Gasteiger partial charge in [0.2, 0.25) is 0 Å². The summed E-state index contributed by atoms with van der Waals surface area (Å²) in [4.78, 5) is 4.35. The Morgan fingerprint density at radius 1 is 1.11 bits per heavy atom. The number of benzene rings is 1. The summed E-state index contributed by atoms with van der Waals surface area (Å²) in [5, 5.41) is 13.2. The van der Waals surface area contributed by atoms with Gasteiger partial charge in [0, 0.05) is 35.3 Å². The zero-order chi connectivity index (χ0) is 19.3. The van der Waals surface area contributed by atoms with E-state index in [4.69, 9.17) is 4.52 Å². The Bertz CT molecular complexity index is 1320. The summed E-state index contributed by atoms with van der Waals surface area (Å²) < 4.78 is 21.6. The van der Waals surface area contributed by atoms with E-state index < -0.39 is 5.82 Å². The number of fused-ring (bicyclic) bond motifs is 2. The van der Waals surface area contributed by atoms with E-state index in [-0.39, 0.29) is 11.6 Å². The van der Waals surface area contributed by atoms with Crippen LogP contribution >= 0.6 is 0 Å². The quantitative estimate of drug-likeness (QED) is 0.465. The minimum Gasteiger partial charge on any atom is -0.356 e. The van der Waals surface area contributed by atoms with Crippen LogP contribution in [0.2, 0.25) is 0 Å². The molecule has 4 aromatic heterocycles. The first kappa shape index (κ1) is 16.6. The molecular formula is C21H16FN5O. The van der Waals surface area contributed by atoms with Crippen LogP contribution in [0.1, 0.15) is 29.9 Å². The van der Waals surface area contributed by atoms with Crippen molar-refractivity contribution in [2.24, 2.45) is 0 Å². The van der Waals surface area contributed by atoms with Gasteiger partial charge < -0.3 is 4.52 Å². The molecule has 7 heteroatoms. The van der Waals surface area contributed by atoms with Crippen molar-refractivity contribution in [3.05, 3.63) is 77.8 Å². The Morgan fingerprint density at radius 3 is 2.82 bits per heavy atom. The van der Waals surface area contributed by atoms with E-state index in [9.17, 15) is 4.39 Å². The van der Waals surface area contributed by atoms with Crippen LogP contribution in [0.15, 0.2) is 59.4 Å². The lowest BCUT2D eigenvalue weighted by molar-refractivity contribution is 0.426. The van der Waals surface area contributed by atoms with Crippen molar-refractivity contribution in [1.82, 2.24) is 24.7 Å². The topological polar surface area (TPSA) is 69.1 Å². The van der Waals surface area contributed by atoms with Crippen LogP contribution < -0.4 is 0 Å². The predicted molar refractivity (Wildman–Crippen MR) is 102 cm³/mol. The van der Waals surface area contributed by atoms with Crippen LogP contribution in [-0.2, 0) is 0 Å². The minimum atomic E-state index is -0.458. The van der Waals surface area contributed by atoms with Gasteiger partial charge in [-0.1, -0.05) is 24.2 Å². The molecule has 0 saturated heterocycles. The molecule has 5 rings (SSSR count). The van der Waals surface area contributed by atoms with E-state index in [0.717, 1.165) is 22.2 Å². The maximum atomic E-state index is 14.6. The Kier molecular flexibility index (Phi) is 3.68. The molecule has 0 fully saturated rings. The molecular weight excluding hydrogens is 357 g/mol. The molecule has 1 atom stereocenters. The molecule has 0 aliphatic rings. The van der Waals surface area contributed by atoms with E-state index in [1.165, 1.54) is 6.07 Å². The summed E-state index contributed by atoms with van der Waals surface area (Å²) in [5.41, 5.74) is 3.48. The zero-order valence-electron chi connectivity index (χ0n) is 15.3. The number of hydrogen-bond acceptors (Lipinski definition) is 5. The third kappa shape index (κ3) is 2.63. The highest BCUT2D eigenvalue weighted by Crippen LogP contribution is 2.29. The highest BCUT2D eigenvalue weighted by atomic mass is 19.1. The molecule has 138 valence electrons. The van der Waals surface area contributed by atoms with Gasteiger partial charge in [-0.3, -0.25) is 9.38 Å². The Hall–Kier alpha value is -3.61. The average molecular weight is 373 g/mol. The molecule has 28 heavy (non-hydrogen) atoms. The van der Waals surface area contributed by atoms with E-state index >= 15 is 0 Å². The smallest absolute Gasteiger partial charge is 0.196 e. The number of halogens is 1. The fraction of sp³-hybridized carbons (Fsp3) is 0.143. The normalized spacial score (nSPS) is 12.7. The first-order valence-electron chi connectivity index (χ1n) is 8.93. The molecule has 0 radical (unpaired) electrons. The summed E-state index contributed by atoms with van der Waals surface area (Å²) in [6, 6.07) is 13.2. The van der Waals surface area contributed by atoms with Crippen molar-refractivity contribution in [3.8, 4) is 11.3 Å². The first-order valence-corrected chi connectivity index (χ1v) is 8.93. The molecule has 4 heterocycles. The van der Waals surface area contributed by atoms with Gasteiger partial charge in [0.25, 0.3) is 0 Å². The Balaban J connectivity index is 1.64. The van der Waals surface area contributed by atoms with Gasteiger partial charge in [-0.05, 0) is 36.8 Å². The monoisotopic (exact) mass is 373 g/mol. The summed E-state index contributed by atoms with van der Waals surface area (Å²) in [7, 11) is 0. The number of nitrogens with zero attached hydrogens (tertiary/aromatic N) is 5. The van der Waals surface area contributed by atoms with Crippen molar-refractivity contribution < 1.29 is 8.91 Å². The summed E-state index contributed by atoms with van der Waals surface area (Å²) in [5.74, 6) is 0.601. The van der Waals surface area contributed by atoms with Crippen LogP contribution in [0, 0.1) is 12.7 Å². The SMILES string of the molecule is Cc1cc(-c2cc(F)c3nnc([C@H](C)c4ccc5ncccc5c4)n3c2)on1. The van der Waals surface area contributed by atoms with Gasteiger partial charge in [-0.2, -0.15) is 0 Å². The summed E-state index contributed by atoms with van der Waals surface area (Å²) in [6.45, 7) is 3.85. The predicted octanol–water partition coefficient (Wildman–Crippen LogP) is 4.53. The summed E-state index contributed by atoms with van der Waals surface area (Å²) >= 11 is 0. The Labute approximate surface area is 159 Å². The highest BCUT2D eigenvalue weighted by molar-refractivity contribution is 5.79. The maximum absolute atomic E-state index is 14.6. The molecule has 0 aliphatic heterocycles. The molecule has 0 spiro atoms. The van der Waals surface area contributed by atoms with Crippen molar-refractivity contribution >= 4 is 16.6 Å². The largest absolute Gasteiger partial charge is 0.356 e. The molecule has 0 bridgehead atoms. The molecule has 1 aromatic carbocycles. The molecule has 0 unspecified atom stereocenters. The van der Waals surface area contributed by atoms with E-state index in [1.54, 1.807) is 22.9 Å². The molecule has 0 aliphatic carbocycles. The number of rotatable bonds is 3. The third-order valence-corrected chi connectivity index (χ3v) is 4.91. The average Bonchev–Trinajstić information content (AvgIpc) is 3.33. The van der Waals surface area contributed by atoms with Gasteiger partial charge in [0.15, 0.2) is 17.2 Å². The second kappa shape index (κ2) is 6.23. The maximum Gasteiger partial charge on any atom is 0.196 e. The second-order valence-corrected chi connectivity index (χ2v) is 6.84. The van der Waals surface area contributed by atoms with Crippen LogP contribution in [0.5, 0.6) is 0 Å². The number of aryl methyl sites for hydroxylation is 1. The molecule has 0 saturated carbocycles. The van der Waals surface area contributed by atoms with Gasteiger partial charge >= 0.3 is 0 Å². The van der Waals surface area contributed by atoms with Crippen molar-refractivity contribution in [1.29, 1.82) is 0 Å². The number of hydrogen-bond donors (Lipinski definition) is 0. The van der Waals surface area contributed by atoms with Crippen LogP contribution in [0.3, 0.4) is 0 Å². The number of aromatic nitrogens is 5. The van der Waals surface area contributed by atoms with E-state index in [2.05, 4.69) is 26.4 Å². The zero-order valence-corrected chi connectivity index (χ0v) is 15.3. The molecule has 5 aromatic rings. The fourth-order valence-electron chi connectivity index (χ4n) is 3.41. The van der Waals surface area contributed by atoms with Gasteiger partial charge in [-0.25, -0.2) is 4.39 Å². The molecule has 6 nitrogen and oxygen atoms in total. The van der Waals surface area contributed by atoms with Gasteiger partial charge in [0.1, 0.15) is 5.82 Å². The lowest BCUT2D eigenvalue weighted by Crippen LogP contribution is -2.03. The lowest BCUT2D eigenvalue weighted by atomic mass is 9.98. The van der Waals surface area contributed by atoms with Crippen LogP contribution in [-0.4, -0.2) is 24.7 Å². The molecule has 0 N–H and O–H groups in total. The van der Waals surface area contributed by atoms with Crippen LogP contribution in [0.4, 0.5) is 4.39 Å². The van der Waals surface area contributed by atoms with Gasteiger partial charge in [-0.15, -0.1) is 10.2 Å². The van der Waals surface area contributed by atoms with Gasteiger partial charge in [0.05, 0.1) is 11.2 Å². The van der Waals surface area contributed by atoms with Crippen molar-refractivity contribution in [2.45, 2.75) is 19.8 Å². The van der Waals surface area contributed by atoms with Crippen LogP contribution in [0.25, 0.3) is 27.9 Å². The number of pyridine rings is 2. The minimum absolute atomic E-state index is 0.0919. The summed E-state index contributed by atoms with van der Waals surface area (Å²) in [6.07, 6.45) is 3.56. The fourth-order valence-corrected chi connectivity index (χ4v) is 3.41. The Morgan fingerprint density at radius 2 is 2.00 bits per heavy atom. The van der Waals surface area contributed by atoms with Crippen molar-refractivity contribution in [3.63, 3.8) is 0 Å². The highest BCUT2D eigenvalue weighted by Gasteiger charge is 2.19. The first-order chi connectivity index (χ1) is 13.6. The van der Waals surface area contributed by atoms with E-state index in [0.29, 0.717) is 17.1 Å².